The Morgan fingerprint density at radius 3 is 2.89 bits per heavy atom. The van der Waals surface area contributed by atoms with Crippen LogP contribution in [0.2, 0.25) is 0 Å². The molecule has 0 saturated carbocycles. The number of pyridine rings is 1. The lowest BCUT2D eigenvalue weighted by Gasteiger charge is -2.02. The van der Waals surface area contributed by atoms with Gasteiger partial charge >= 0.3 is 0 Å². The van der Waals surface area contributed by atoms with Crippen molar-refractivity contribution in [3.05, 3.63) is 42.7 Å². The molecule has 0 radical (unpaired) electrons. The van der Waals surface area contributed by atoms with Gasteiger partial charge in [0.1, 0.15) is 0 Å². The number of aliphatic imine (C=N–C) groups is 1. The average Bonchev–Trinajstić information content (AvgIpc) is 2.79. The molecule has 3 aromatic rings. The van der Waals surface area contributed by atoms with Crippen LogP contribution < -0.4 is 0 Å². The third-order valence-corrected chi connectivity index (χ3v) is 2.96. The van der Waals surface area contributed by atoms with Crippen molar-refractivity contribution in [3.8, 4) is 11.1 Å². The quantitative estimate of drug-likeness (QED) is 0.642. The number of hydrogen-bond donors (Lipinski definition) is 0. The summed E-state index contributed by atoms with van der Waals surface area (Å²) in [5.41, 5.74) is 2.94. The van der Waals surface area contributed by atoms with Gasteiger partial charge in [-0.05, 0) is 18.9 Å². The number of hydrogen-bond acceptors (Lipinski definition) is 3. The predicted molar refractivity (Wildman–Crippen MR) is 73.2 cm³/mol. The van der Waals surface area contributed by atoms with E-state index in [1.807, 2.05) is 37.5 Å². The Morgan fingerprint density at radius 2 is 2.06 bits per heavy atom. The molecule has 0 bridgehead atoms. The molecule has 0 amide bonds. The molecule has 4 nitrogen and oxygen atoms in total. The monoisotopic (exact) mass is 236 g/mol. The molecule has 0 fully saturated rings. The zero-order valence-corrected chi connectivity index (χ0v) is 10.0. The summed E-state index contributed by atoms with van der Waals surface area (Å²) in [5, 5.41) is 5.30. The Morgan fingerprint density at radius 1 is 1.22 bits per heavy atom. The Kier molecular flexibility index (Phi) is 2.41. The van der Waals surface area contributed by atoms with Crippen molar-refractivity contribution in [2.45, 2.75) is 0 Å². The van der Waals surface area contributed by atoms with Gasteiger partial charge in [0.2, 0.25) is 0 Å². The Labute approximate surface area is 105 Å². The molecule has 0 atom stereocenters. The molecule has 0 unspecified atom stereocenters. The fourth-order valence-corrected chi connectivity index (χ4v) is 2.04. The van der Waals surface area contributed by atoms with Crippen molar-refractivity contribution in [2.75, 3.05) is 0 Å². The van der Waals surface area contributed by atoms with Crippen molar-refractivity contribution in [3.63, 3.8) is 0 Å². The first kappa shape index (κ1) is 10.7. The van der Waals surface area contributed by atoms with Crippen LogP contribution in [-0.4, -0.2) is 21.5 Å². The highest BCUT2D eigenvalue weighted by Gasteiger charge is 2.09. The van der Waals surface area contributed by atoms with E-state index in [2.05, 4.69) is 27.9 Å². The number of fused-ring (bicyclic) bond motifs is 1. The van der Waals surface area contributed by atoms with Crippen LogP contribution in [0.3, 0.4) is 0 Å². The minimum Gasteiger partial charge on any atom is -0.256 e. The smallest absolute Gasteiger partial charge is 0.157 e. The Bertz CT molecular complexity index is 727. The molecular weight excluding hydrogens is 224 g/mol. The van der Waals surface area contributed by atoms with E-state index in [1.54, 1.807) is 10.9 Å². The van der Waals surface area contributed by atoms with Gasteiger partial charge in [-0.25, -0.2) is 4.99 Å². The van der Waals surface area contributed by atoms with E-state index >= 15 is 0 Å². The molecule has 2 heterocycles. The summed E-state index contributed by atoms with van der Waals surface area (Å²) >= 11 is 0. The zero-order chi connectivity index (χ0) is 12.5. The zero-order valence-electron chi connectivity index (χ0n) is 10.0. The SMILES string of the molecule is C=Nc1c(-c2cnc3ccccc3c2)cnn1C. The molecule has 0 aliphatic rings. The van der Waals surface area contributed by atoms with Crippen LogP contribution in [0.15, 0.2) is 47.7 Å². The standard InChI is InChI=1S/C14H12N4/c1-15-14-12(9-17-18(14)2)11-7-10-5-3-4-6-13(10)16-8-11/h3-9H,1H2,2H3. The highest BCUT2D eigenvalue weighted by molar-refractivity contribution is 5.85. The van der Waals surface area contributed by atoms with Crippen molar-refractivity contribution >= 4 is 23.4 Å². The van der Waals surface area contributed by atoms with Crippen LogP contribution in [0.5, 0.6) is 0 Å². The molecule has 2 aromatic heterocycles. The lowest BCUT2D eigenvalue weighted by Crippen LogP contribution is -1.88. The van der Waals surface area contributed by atoms with Gasteiger partial charge in [0, 0.05) is 29.8 Å². The van der Waals surface area contributed by atoms with Crippen molar-refractivity contribution in [2.24, 2.45) is 12.0 Å². The fraction of sp³-hybridized carbons (Fsp3) is 0.0714. The normalized spacial score (nSPS) is 10.7. The van der Waals surface area contributed by atoms with Crippen LogP contribution >= 0.6 is 0 Å². The molecule has 0 N–H and O–H groups in total. The van der Waals surface area contributed by atoms with Crippen molar-refractivity contribution in [1.82, 2.24) is 14.8 Å². The third kappa shape index (κ3) is 1.59. The Hall–Kier alpha value is -2.49. The molecule has 4 heteroatoms. The highest BCUT2D eigenvalue weighted by Crippen LogP contribution is 2.30. The van der Waals surface area contributed by atoms with Gasteiger partial charge in [0.15, 0.2) is 5.82 Å². The van der Waals surface area contributed by atoms with Gasteiger partial charge in [-0.2, -0.15) is 5.10 Å². The first-order valence-corrected chi connectivity index (χ1v) is 5.63. The van der Waals surface area contributed by atoms with E-state index in [0.717, 1.165) is 27.8 Å². The molecule has 88 valence electrons. The first-order valence-electron chi connectivity index (χ1n) is 5.63. The van der Waals surface area contributed by atoms with Gasteiger partial charge in [-0.3, -0.25) is 9.67 Å². The number of rotatable bonds is 2. The Balaban J connectivity index is 2.22. The molecule has 1 aromatic carbocycles. The van der Waals surface area contributed by atoms with Crippen LogP contribution in [-0.2, 0) is 7.05 Å². The molecule has 18 heavy (non-hydrogen) atoms. The summed E-state index contributed by atoms with van der Waals surface area (Å²) in [4.78, 5) is 8.45. The molecule has 0 saturated heterocycles. The molecule has 0 spiro atoms. The van der Waals surface area contributed by atoms with E-state index in [0.29, 0.717) is 0 Å². The fourth-order valence-electron chi connectivity index (χ4n) is 2.04. The van der Waals surface area contributed by atoms with Gasteiger partial charge < -0.3 is 0 Å². The van der Waals surface area contributed by atoms with E-state index in [-0.39, 0.29) is 0 Å². The van der Waals surface area contributed by atoms with Crippen LogP contribution in [0.4, 0.5) is 5.82 Å². The average molecular weight is 236 g/mol. The summed E-state index contributed by atoms with van der Waals surface area (Å²) in [6, 6.07) is 10.1. The maximum absolute atomic E-state index is 4.44. The number of aryl methyl sites for hydroxylation is 1. The second-order valence-electron chi connectivity index (χ2n) is 4.08. The number of nitrogens with zero attached hydrogens (tertiary/aromatic N) is 4. The molecule has 3 rings (SSSR count). The number of benzene rings is 1. The van der Waals surface area contributed by atoms with Gasteiger partial charge in [0.25, 0.3) is 0 Å². The van der Waals surface area contributed by atoms with Crippen LogP contribution in [0, 0.1) is 0 Å². The maximum Gasteiger partial charge on any atom is 0.157 e. The second-order valence-corrected chi connectivity index (χ2v) is 4.08. The van der Waals surface area contributed by atoms with E-state index in [9.17, 15) is 0 Å². The maximum atomic E-state index is 4.44. The summed E-state index contributed by atoms with van der Waals surface area (Å²) in [5.74, 6) is 0.757. The van der Waals surface area contributed by atoms with E-state index in [4.69, 9.17) is 0 Å². The largest absolute Gasteiger partial charge is 0.256 e. The third-order valence-electron chi connectivity index (χ3n) is 2.96. The first-order chi connectivity index (χ1) is 8.79. The molecular formula is C14H12N4. The topological polar surface area (TPSA) is 43.1 Å². The number of aromatic nitrogens is 3. The molecule has 0 aliphatic heterocycles. The second kappa shape index (κ2) is 4.07. The van der Waals surface area contributed by atoms with Crippen molar-refractivity contribution < 1.29 is 0 Å². The van der Waals surface area contributed by atoms with Gasteiger partial charge in [-0.15, -0.1) is 0 Å². The lowest BCUT2D eigenvalue weighted by molar-refractivity contribution is 0.771. The van der Waals surface area contributed by atoms with Gasteiger partial charge in [0.05, 0.1) is 11.7 Å². The summed E-state index contributed by atoms with van der Waals surface area (Å²) < 4.78 is 1.71. The highest BCUT2D eigenvalue weighted by atomic mass is 15.3. The lowest BCUT2D eigenvalue weighted by atomic mass is 10.1. The predicted octanol–water partition coefficient (Wildman–Crippen LogP) is 2.97. The summed E-state index contributed by atoms with van der Waals surface area (Å²) in [6.07, 6.45) is 3.63. The van der Waals surface area contributed by atoms with Crippen LogP contribution in [0.1, 0.15) is 0 Å². The minimum absolute atomic E-state index is 0.757. The minimum atomic E-state index is 0.757. The summed E-state index contributed by atoms with van der Waals surface area (Å²) in [7, 11) is 1.85. The van der Waals surface area contributed by atoms with E-state index in [1.165, 1.54) is 0 Å². The number of para-hydroxylation sites is 1. The van der Waals surface area contributed by atoms with Gasteiger partial charge in [-0.1, -0.05) is 18.2 Å². The van der Waals surface area contributed by atoms with Crippen LogP contribution in [0.25, 0.3) is 22.0 Å². The summed E-state index contributed by atoms with van der Waals surface area (Å²) in [6.45, 7) is 3.58. The molecule has 0 aliphatic carbocycles. The van der Waals surface area contributed by atoms with Crippen molar-refractivity contribution in [1.29, 1.82) is 0 Å². The van der Waals surface area contributed by atoms with E-state index < -0.39 is 0 Å².